The van der Waals surface area contributed by atoms with Crippen LogP contribution in [0.1, 0.15) is 34.2 Å². The summed E-state index contributed by atoms with van der Waals surface area (Å²) in [5.74, 6) is -6.43. The first-order valence-electron chi connectivity index (χ1n) is 8.12. The number of Topliss-reactive ketones (excluding diaryl/α,β-unsaturated/α-hetero) is 1. The summed E-state index contributed by atoms with van der Waals surface area (Å²) in [6, 6.07) is 2.33. The molecule has 0 saturated carbocycles. The molecule has 0 atom stereocenters. The summed E-state index contributed by atoms with van der Waals surface area (Å²) < 4.78 is 90.2. The summed E-state index contributed by atoms with van der Waals surface area (Å²) >= 11 is 0. The summed E-state index contributed by atoms with van der Waals surface area (Å²) in [5, 5.41) is 2.88. The van der Waals surface area contributed by atoms with E-state index in [1.165, 1.54) is 13.0 Å². The molecule has 4 nitrogen and oxygen atoms in total. The molecule has 1 N–H and O–H groups in total. The molecule has 2 rings (SSSR count). The number of aromatic nitrogens is 1. The fourth-order valence-corrected chi connectivity index (χ4v) is 2.59. The lowest BCUT2D eigenvalue weighted by Crippen LogP contribution is -2.58. The zero-order valence-electron chi connectivity index (χ0n) is 15.4. The number of halogens is 7. The first-order chi connectivity index (χ1) is 13.2. The Kier molecular flexibility index (Phi) is 5.82. The lowest BCUT2D eigenvalue weighted by molar-refractivity contribution is -0.361. The molecule has 0 unspecified atom stereocenters. The number of nitrogens with zero attached hydrogens (tertiary/aromatic N) is 2. The van der Waals surface area contributed by atoms with E-state index in [-0.39, 0.29) is 11.3 Å². The maximum atomic E-state index is 13.2. The van der Waals surface area contributed by atoms with Gasteiger partial charge in [0, 0.05) is 28.2 Å². The zero-order valence-corrected chi connectivity index (χ0v) is 15.4. The topological polar surface area (TPSA) is 46.4 Å². The number of hydrazone groups is 1. The predicted molar refractivity (Wildman–Crippen MR) is 91.9 cm³/mol. The quantitative estimate of drug-likeness (QED) is 0.233. The second-order valence-electron chi connectivity index (χ2n) is 6.28. The summed E-state index contributed by atoms with van der Waals surface area (Å²) in [5.41, 5.74) is 3.01. The van der Waals surface area contributed by atoms with Crippen LogP contribution >= 0.6 is 0 Å². The highest BCUT2D eigenvalue weighted by molar-refractivity contribution is 5.94. The van der Waals surface area contributed by atoms with E-state index in [0.717, 1.165) is 6.21 Å². The largest absolute Gasteiger partial charge is 0.462 e. The van der Waals surface area contributed by atoms with Gasteiger partial charge in [-0.1, -0.05) is 0 Å². The molecular formula is C18H16F7N3O. The third-order valence-electron chi connectivity index (χ3n) is 4.16. The standard InChI is InChI=1S/C18H16F7N3O/c1-10-8-14(9-26-27-18(24,25)16(19,20)17(21,22)23)11(2)28(10)15-6-4-13(5-7-15)12(3)29/h4-9,27H,1-3H3/b26-9+. The molecule has 0 radical (unpaired) electrons. The lowest BCUT2D eigenvalue weighted by Gasteiger charge is -2.27. The van der Waals surface area contributed by atoms with Gasteiger partial charge in [-0.2, -0.15) is 35.8 Å². The smallest absolute Gasteiger partial charge is 0.318 e. The third kappa shape index (κ3) is 4.28. The highest BCUT2D eigenvalue weighted by Gasteiger charge is 2.73. The highest BCUT2D eigenvalue weighted by atomic mass is 19.4. The molecule has 2 aromatic rings. The molecule has 1 aromatic carbocycles. The molecule has 0 bridgehead atoms. The molecule has 0 saturated heterocycles. The summed E-state index contributed by atoms with van der Waals surface area (Å²) in [6.45, 7) is 4.65. The molecule has 1 aromatic heterocycles. The molecule has 0 fully saturated rings. The van der Waals surface area contributed by atoms with Crippen LogP contribution in [-0.4, -0.2) is 34.7 Å². The van der Waals surface area contributed by atoms with Gasteiger partial charge in [-0.05, 0) is 51.1 Å². The number of rotatable bonds is 6. The van der Waals surface area contributed by atoms with Crippen molar-refractivity contribution in [2.45, 2.75) is 38.9 Å². The Morgan fingerprint density at radius 2 is 1.59 bits per heavy atom. The number of carbonyl (C=O) groups excluding carboxylic acids is 1. The fraction of sp³-hybridized carbons (Fsp3) is 0.333. The molecule has 0 aliphatic heterocycles. The summed E-state index contributed by atoms with van der Waals surface area (Å²) in [4.78, 5) is 11.3. The third-order valence-corrected chi connectivity index (χ3v) is 4.16. The Bertz CT molecular complexity index is 928. The number of ketones is 1. The van der Waals surface area contributed by atoms with Crippen molar-refractivity contribution in [1.82, 2.24) is 9.99 Å². The van der Waals surface area contributed by atoms with Crippen molar-refractivity contribution in [2.75, 3.05) is 0 Å². The summed E-state index contributed by atoms with van der Waals surface area (Å²) in [7, 11) is 0. The Morgan fingerprint density at radius 3 is 2.07 bits per heavy atom. The van der Waals surface area contributed by atoms with Gasteiger partial charge >= 0.3 is 18.1 Å². The molecule has 0 aliphatic carbocycles. The van der Waals surface area contributed by atoms with Crippen molar-refractivity contribution in [3.8, 4) is 5.69 Å². The number of benzene rings is 1. The van der Waals surface area contributed by atoms with Crippen molar-refractivity contribution in [3.63, 3.8) is 0 Å². The van der Waals surface area contributed by atoms with Gasteiger partial charge in [0.25, 0.3) is 0 Å². The first kappa shape index (κ1) is 22.4. The Hall–Kier alpha value is -2.85. The van der Waals surface area contributed by atoms with Gasteiger partial charge in [-0.15, -0.1) is 0 Å². The van der Waals surface area contributed by atoms with Crippen LogP contribution in [-0.2, 0) is 0 Å². The van der Waals surface area contributed by atoms with Crippen LogP contribution in [0.4, 0.5) is 30.7 Å². The molecular weight excluding hydrogens is 407 g/mol. The van der Waals surface area contributed by atoms with Gasteiger partial charge in [0.1, 0.15) is 0 Å². The molecule has 1 heterocycles. The minimum absolute atomic E-state index is 0.131. The van der Waals surface area contributed by atoms with E-state index < -0.39 is 18.1 Å². The van der Waals surface area contributed by atoms with Gasteiger partial charge in [-0.3, -0.25) is 4.79 Å². The molecule has 158 valence electrons. The number of hydrogen-bond donors (Lipinski definition) is 1. The Balaban J connectivity index is 2.27. The second kappa shape index (κ2) is 7.53. The van der Waals surface area contributed by atoms with Crippen LogP contribution in [0.5, 0.6) is 0 Å². The number of alkyl halides is 7. The predicted octanol–water partition coefficient (Wildman–Crippen LogP) is 5.01. The molecule has 0 amide bonds. The van der Waals surface area contributed by atoms with Crippen molar-refractivity contribution in [2.24, 2.45) is 5.10 Å². The van der Waals surface area contributed by atoms with Crippen molar-refractivity contribution in [3.05, 3.63) is 52.8 Å². The number of aryl methyl sites for hydroxylation is 1. The van der Waals surface area contributed by atoms with E-state index in [9.17, 15) is 35.5 Å². The van der Waals surface area contributed by atoms with Crippen molar-refractivity contribution < 1.29 is 35.5 Å². The Morgan fingerprint density at radius 1 is 1.03 bits per heavy atom. The van der Waals surface area contributed by atoms with Gasteiger partial charge in [0.05, 0.1) is 6.21 Å². The van der Waals surface area contributed by atoms with E-state index in [2.05, 4.69) is 5.10 Å². The van der Waals surface area contributed by atoms with E-state index in [1.807, 2.05) is 0 Å². The molecule has 11 heteroatoms. The minimum atomic E-state index is -6.44. The van der Waals surface area contributed by atoms with E-state index in [0.29, 0.717) is 28.1 Å². The average Bonchev–Trinajstić information content (AvgIpc) is 2.87. The minimum Gasteiger partial charge on any atom is -0.318 e. The van der Waals surface area contributed by atoms with Crippen LogP contribution in [0.3, 0.4) is 0 Å². The molecule has 0 aliphatic rings. The van der Waals surface area contributed by atoms with E-state index >= 15 is 0 Å². The lowest BCUT2D eigenvalue weighted by atomic mass is 10.1. The van der Waals surface area contributed by atoms with E-state index in [1.54, 1.807) is 42.7 Å². The van der Waals surface area contributed by atoms with Crippen LogP contribution in [0, 0.1) is 13.8 Å². The fourth-order valence-electron chi connectivity index (χ4n) is 2.59. The zero-order chi connectivity index (χ0) is 22.2. The number of carbonyl (C=O) groups is 1. The van der Waals surface area contributed by atoms with E-state index in [4.69, 9.17) is 0 Å². The van der Waals surface area contributed by atoms with Crippen LogP contribution in [0.2, 0.25) is 0 Å². The highest BCUT2D eigenvalue weighted by Crippen LogP contribution is 2.45. The molecule has 29 heavy (non-hydrogen) atoms. The van der Waals surface area contributed by atoms with Crippen LogP contribution in [0.15, 0.2) is 35.4 Å². The van der Waals surface area contributed by atoms with Crippen LogP contribution in [0.25, 0.3) is 5.69 Å². The summed E-state index contributed by atoms with van der Waals surface area (Å²) in [6.07, 6.45) is -5.72. The normalized spacial score (nSPS) is 13.2. The van der Waals surface area contributed by atoms with Gasteiger partial charge < -0.3 is 4.57 Å². The van der Waals surface area contributed by atoms with Crippen LogP contribution < -0.4 is 5.43 Å². The maximum absolute atomic E-state index is 13.2. The van der Waals surface area contributed by atoms with Gasteiger partial charge in [0.2, 0.25) is 0 Å². The maximum Gasteiger partial charge on any atom is 0.462 e. The van der Waals surface area contributed by atoms with Gasteiger partial charge in [-0.25, -0.2) is 5.43 Å². The van der Waals surface area contributed by atoms with Crippen molar-refractivity contribution >= 4 is 12.0 Å². The SMILES string of the molecule is CC(=O)c1ccc(-n2c(C)cc(/C=N/NC(F)(F)C(F)(F)C(F)(F)F)c2C)cc1. The molecule has 0 spiro atoms. The van der Waals surface area contributed by atoms with Gasteiger partial charge in [0.15, 0.2) is 5.78 Å². The number of nitrogens with one attached hydrogen (secondary N) is 1. The second-order valence-corrected chi connectivity index (χ2v) is 6.28. The average molecular weight is 423 g/mol. The first-order valence-corrected chi connectivity index (χ1v) is 8.12. The Labute approximate surface area is 161 Å². The van der Waals surface area contributed by atoms with Crippen molar-refractivity contribution in [1.29, 1.82) is 0 Å². The monoisotopic (exact) mass is 423 g/mol. The number of hydrogen-bond acceptors (Lipinski definition) is 3.